The zero-order chi connectivity index (χ0) is 15.0. The van der Waals surface area contributed by atoms with Gasteiger partial charge in [0.05, 0.1) is 0 Å². The topological polar surface area (TPSA) is 20.3 Å². The first-order valence-electron chi connectivity index (χ1n) is 8.66. The Morgan fingerprint density at radius 3 is 2.15 bits per heavy atom. The molecule has 0 saturated carbocycles. The van der Waals surface area contributed by atoms with Crippen LogP contribution in [-0.4, -0.2) is 23.9 Å². The molecule has 1 amide bonds. The van der Waals surface area contributed by atoms with E-state index in [9.17, 15) is 4.79 Å². The van der Waals surface area contributed by atoms with E-state index in [4.69, 9.17) is 0 Å². The molecule has 0 atom stereocenters. The van der Waals surface area contributed by atoms with Crippen LogP contribution in [0.2, 0.25) is 0 Å². The Morgan fingerprint density at radius 2 is 1.55 bits per heavy atom. The number of nitrogens with zero attached hydrogens (tertiary/aromatic N) is 1. The number of hydrogen-bond donors (Lipinski definition) is 0. The van der Waals surface area contributed by atoms with Gasteiger partial charge in [0.15, 0.2) is 0 Å². The Morgan fingerprint density at radius 1 is 1.00 bits per heavy atom. The summed E-state index contributed by atoms with van der Waals surface area (Å²) in [6.07, 6.45) is 10.7. The predicted octanol–water partition coefficient (Wildman–Crippen LogP) is 5.02. The Kier molecular flexibility index (Phi) is 7.61. The van der Waals surface area contributed by atoms with Gasteiger partial charge < -0.3 is 4.90 Å². The summed E-state index contributed by atoms with van der Waals surface area (Å²) in [5.74, 6) is 1.20. The van der Waals surface area contributed by atoms with Crippen molar-refractivity contribution in [3.05, 3.63) is 0 Å². The van der Waals surface area contributed by atoms with Crippen molar-refractivity contribution in [1.82, 2.24) is 4.90 Å². The lowest BCUT2D eigenvalue weighted by Crippen LogP contribution is -2.37. The molecule has 0 aromatic carbocycles. The number of carbonyl (C=O) groups excluding carboxylic acids is 1. The van der Waals surface area contributed by atoms with E-state index in [1.165, 1.54) is 44.9 Å². The van der Waals surface area contributed by atoms with E-state index in [1.807, 2.05) is 0 Å². The first-order valence-corrected chi connectivity index (χ1v) is 8.66. The molecule has 0 aromatic rings. The highest BCUT2D eigenvalue weighted by molar-refractivity contribution is 5.76. The van der Waals surface area contributed by atoms with Gasteiger partial charge in [-0.2, -0.15) is 0 Å². The monoisotopic (exact) mass is 281 g/mol. The number of rotatable bonds is 7. The van der Waals surface area contributed by atoms with E-state index in [0.717, 1.165) is 31.8 Å². The van der Waals surface area contributed by atoms with Crippen molar-refractivity contribution in [2.45, 2.75) is 85.5 Å². The van der Waals surface area contributed by atoms with Crippen LogP contribution in [0.4, 0.5) is 0 Å². The van der Waals surface area contributed by atoms with Crippen LogP contribution >= 0.6 is 0 Å². The molecule has 0 bridgehead atoms. The third kappa shape index (κ3) is 7.91. The Bertz CT molecular complexity index is 272. The molecule has 1 fully saturated rings. The van der Waals surface area contributed by atoms with Crippen molar-refractivity contribution in [2.75, 3.05) is 13.1 Å². The van der Waals surface area contributed by atoms with Gasteiger partial charge in [-0.3, -0.25) is 4.79 Å². The fourth-order valence-corrected chi connectivity index (χ4v) is 2.88. The highest BCUT2D eigenvalue weighted by atomic mass is 16.2. The average molecular weight is 281 g/mol. The molecule has 0 aromatic heterocycles. The Labute approximate surface area is 126 Å². The van der Waals surface area contributed by atoms with Crippen molar-refractivity contribution in [3.8, 4) is 0 Å². The zero-order valence-electron chi connectivity index (χ0n) is 14.2. The van der Waals surface area contributed by atoms with Crippen LogP contribution in [0.25, 0.3) is 0 Å². The summed E-state index contributed by atoms with van der Waals surface area (Å²) in [6, 6.07) is 0. The van der Waals surface area contributed by atoms with Crippen molar-refractivity contribution in [3.63, 3.8) is 0 Å². The van der Waals surface area contributed by atoms with E-state index in [0.29, 0.717) is 11.3 Å². The van der Waals surface area contributed by atoms with Gasteiger partial charge in [0.2, 0.25) is 5.91 Å². The molecule has 1 heterocycles. The molecule has 0 radical (unpaired) electrons. The van der Waals surface area contributed by atoms with Crippen LogP contribution in [0.1, 0.15) is 85.5 Å². The summed E-state index contributed by atoms with van der Waals surface area (Å²) in [6.45, 7) is 11.2. The largest absolute Gasteiger partial charge is 0.343 e. The lowest BCUT2D eigenvalue weighted by atomic mass is 9.89. The normalized spacial score (nSPS) is 17.5. The van der Waals surface area contributed by atoms with Crippen LogP contribution in [-0.2, 0) is 4.79 Å². The minimum Gasteiger partial charge on any atom is -0.343 e. The first kappa shape index (κ1) is 17.5. The molecule has 1 saturated heterocycles. The molecule has 2 nitrogen and oxygen atoms in total. The fourth-order valence-electron chi connectivity index (χ4n) is 2.88. The highest BCUT2D eigenvalue weighted by Gasteiger charge is 2.19. The number of unbranched alkanes of at least 4 members (excludes halogenated alkanes) is 4. The number of carbonyl (C=O) groups is 1. The van der Waals surface area contributed by atoms with Gasteiger partial charge in [-0.25, -0.2) is 0 Å². The quantitative estimate of drug-likeness (QED) is 0.600. The summed E-state index contributed by atoms with van der Waals surface area (Å²) in [4.78, 5) is 14.1. The summed E-state index contributed by atoms with van der Waals surface area (Å²) in [5.41, 5.74) is 0.474. The van der Waals surface area contributed by atoms with E-state index in [1.54, 1.807) is 0 Å². The van der Waals surface area contributed by atoms with Crippen molar-refractivity contribution < 1.29 is 4.79 Å². The van der Waals surface area contributed by atoms with E-state index in [2.05, 4.69) is 32.6 Å². The maximum Gasteiger partial charge on any atom is 0.222 e. The SMILES string of the molecule is CC1CCN(C(=O)CCCCCCCC(C)(C)C)CC1. The number of likely N-dealkylation sites (tertiary alicyclic amines) is 1. The average Bonchev–Trinajstić information content (AvgIpc) is 2.37. The maximum absolute atomic E-state index is 12.1. The molecular weight excluding hydrogens is 246 g/mol. The van der Waals surface area contributed by atoms with Gasteiger partial charge in [-0.05, 0) is 37.0 Å². The van der Waals surface area contributed by atoms with Gasteiger partial charge in [0.1, 0.15) is 0 Å². The van der Waals surface area contributed by atoms with Gasteiger partial charge in [0.25, 0.3) is 0 Å². The summed E-state index contributed by atoms with van der Waals surface area (Å²) in [7, 11) is 0. The molecule has 0 N–H and O–H groups in total. The molecule has 0 unspecified atom stereocenters. The third-order valence-corrected chi connectivity index (χ3v) is 4.45. The van der Waals surface area contributed by atoms with Gasteiger partial charge in [-0.1, -0.05) is 53.4 Å². The van der Waals surface area contributed by atoms with Crippen molar-refractivity contribution in [1.29, 1.82) is 0 Å². The van der Waals surface area contributed by atoms with E-state index >= 15 is 0 Å². The van der Waals surface area contributed by atoms with Crippen LogP contribution in [0.5, 0.6) is 0 Å². The second-order valence-corrected chi connectivity index (χ2v) is 7.89. The second-order valence-electron chi connectivity index (χ2n) is 7.89. The van der Waals surface area contributed by atoms with Gasteiger partial charge in [0, 0.05) is 19.5 Å². The molecule has 0 spiro atoms. The smallest absolute Gasteiger partial charge is 0.222 e. The molecule has 2 heteroatoms. The first-order chi connectivity index (χ1) is 9.38. The summed E-state index contributed by atoms with van der Waals surface area (Å²) in [5, 5.41) is 0. The van der Waals surface area contributed by atoms with Gasteiger partial charge >= 0.3 is 0 Å². The van der Waals surface area contributed by atoms with Crippen LogP contribution in [0.15, 0.2) is 0 Å². The zero-order valence-corrected chi connectivity index (χ0v) is 14.2. The van der Waals surface area contributed by atoms with Crippen LogP contribution in [0.3, 0.4) is 0 Å². The van der Waals surface area contributed by atoms with Crippen molar-refractivity contribution >= 4 is 5.91 Å². The second kappa shape index (κ2) is 8.69. The molecule has 1 aliphatic rings. The van der Waals surface area contributed by atoms with Crippen LogP contribution < -0.4 is 0 Å². The predicted molar refractivity (Wildman–Crippen MR) is 86.8 cm³/mol. The molecule has 1 aliphatic heterocycles. The van der Waals surface area contributed by atoms with Crippen LogP contribution in [0, 0.1) is 11.3 Å². The minimum absolute atomic E-state index is 0.395. The lowest BCUT2D eigenvalue weighted by molar-refractivity contribution is -0.132. The number of hydrogen-bond acceptors (Lipinski definition) is 1. The van der Waals surface area contributed by atoms with E-state index in [-0.39, 0.29) is 0 Å². The van der Waals surface area contributed by atoms with E-state index < -0.39 is 0 Å². The maximum atomic E-state index is 12.1. The highest BCUT2D eigenvalue weighted by Crippen LogP contribution is 2.22. The summed E-state index contributed by atoms with van der Waals surface area (Å²) < 4.78 is 0. The minimum atomic E-state index is 0.395. The van der Waals surface area contributed by atoms with Gasteiger partial charge in [-0.15, -0.1) is 0 Å². The lowest BCUT2D eigenvalue weighted by Gasteiger charge is -2.30. The molecule has 20 heavy (non-hydrogen) atoms. The molecule has 118 valence electrons. The number of amides is 1. The summed E-state index contributed by atoms with van der Waals surface area (Å²) >= 11 is 0. The Balaban J connectivity index is 1.97. The van der Waals surface area contributed by atoms with Crippen molar-refractivity contribution in [2.24, 2.45) is 11.3 Å². The molecular formula is C18H35NO. The molecule has 0 aliphatic carbocycles. The molecule has 1 rings (SSSR count). The third-order valence-electron chi connectivity index (χ3n) is 4.45. The fraction of sp³-hybridized carbons (Fsp3) is 0.944. The standard InChI is InChI=1S/C18H35NO/c1-16-11-14-19(15-12-16)17(20)10-8-6-5-7-9-13-18(2,3)4/h16H,5-15H2,1-4H3. The Hall–Kier alpha value is -0.530. The number of piperidine rings is 1.